The molecule has 0 aromatic rings. The highest BCUT2D eigenvalue weighted by atomic mass is 16.7. The maximum Gasteiger partial charge on any atom is 0.310 e. The van der Waals surface area contributed by atoms with Crippen molar-refractivity contribution in [3.8, 4) is 0 Å². The minimum Gasteiger partial charge on any atom is -0.481 e. The smallest absolute Gasteiger partial charge is 0.310 e. The highest BCUT2D eigenvalue weighted by molar-refractivity contribution is 5.76. The fourth-order valence-electron chi connectivity index (χ4n) is 12.1. The Morgan fingerprint density at radius 3 is 2.24 bits per heavy atom. The third kappa shape index (κ3) is 4.68. The predicted octanol–water partition coefficient (Wildman–Crippen LogP) is 4.03. The first-order chi connectivity index (χ1) is 20.9. The number of aliphatic hydroxyl groups excluding tert-OH is 5. The molecular formula is C36H58O9. The lowest BCUT2D eigenvalue weighted by Gasteiger charge is -2.71. The molecule has 5 fully saturated rings. The minimum absolute atomic E-state index is 0.0199. The molecule has 0 aromatic carbocycles. The molecule has 0 radical (unpaired) electrons. The van der Waals surface area contributed by atoms with Crippen LogP contribution in [-0.4, -0.2) is 86.6 Å². The van der Waals surface area contributed by atoms with E-state index in [0.29, 0.717) is 37.5 Å². The molecule has 0 bridgehead atoms. The molecule has 9 heteroatoms. The van der Waals surface area contributed by atoms with Crippen molar-refractivity contribution in [3.05, 3.63) is 11.6 Å². The molecule has 4 saturated carbocycles. The zero-order valence-electron chi connectivity index (χ0n) is 28.2. The Morgan fingerprint density at radius 2 is 1.58 bits per heavy atom. The summed E-state index contributed by atoms with van der Waals surface area (Å²) in [7, 11) is 0. The number of hydrogen-bond donors (Lipinski definition) is 6. The second-order valence-corrected chi connectivity index (χ2v) is 17.7. The molecule has 256 valence electrons. The van der Waals surface area contributed by atoms with Crippen LogP contribution >= 0.6 is 0 Å². The maximum absolute atomic E-state index is 13.2. The SMILES string of the molecule is CC1(C)[C@@H](O)CC[C@]2(C)[C@H]3CC=C4[C@@H]5C[C@](C)(CO[C@@H]6O[C@H](CO)[C@@H](O)[C@H](O)[C@H]6O)CC[C@]5(C(=O)O)CC[C@@]4(C)[C@]3(C)CC[C@@H]12. The first-order valence-electron chi connectivity index (χ1n) is 17.4. The Kier molecular flexibility index (Phi) is 8.25. The normalized spacial score (nSPS) is 54.1. The van der Waals surface area contributed by atoms with E-state index in [1.807, 2.05) is 0 Å². The number of fused-ring (bicyclic) bond motifs is 7. The Hall–Kier alpha value is -1.07. The molecule has 6 aliphatic rings. The van der Waals surface area contributed by atoms with Gasteiger partial charge in [0.25, 0.3) is 0 Å². The number of hydrogen-bond acceptors (Lipinski definition) is 8. The Bertz CT molecular complexity index is 1200. The van der Waals surface area contributed by atoms with E-state index in [1.165, 1.54) is 5.57 Å². The van der Waals surface area contributed by atoms with Crippen molar-refractivity contribution in [2.75, 3.05) is 13.2 Å². The summed E-state index contributed by atoms with van der Waals surface area (Å²) in [6.07, 6.45) is 3.78. The molecule has 6 N–H and O–H groups in total. The van der Waals surface area contributed by atoms with E-state index in [-0.39, 0.29) is 40.3 Å². The minimum atomic E-state index is -1.50. The van der Waals surface area contributed by atoms with E-state index in [1.54, 1.807) is 0 Å². The maximum atomic E-state index is 13.2. The standard InChI is InChI=1S/C36H58O9/c1-31(2)23-9-12-35(6)24(33(23,4)11-10-25(31)38)8-7-20-21-17-32(3,13-15-36(21,30(42)43)16-14-34(20,35)5)19-44-29-28(41)27(40)26(39)22(18-37)45-29/h7,21-29,37-41H,8-19H2,1-6H3,(H,42,43)/t21-,22+,23-,24+,25-,26+,27-,28+,29+,32+,33-,34+,35+,36-/m0/s1. The van der Waals surface area contributed by atoms with Crippen LogP contribution in [0.25, 0.3) is 0 Å². The van der Waals surface area contributed by atoms with Gasteiger partial charge in [0.05, 0.1) is 24.7 Å². The molecule has 0 unspecified atom stereocenters. The van der Waals surface area contributed by atoms with Crippen molar-refractivity contribution < 1.29 is 44.9 Å². The number of aliphatic hydroxyl groups is 5. The highest BCUT2D eigenvalue weighted by Gasteiger charge is 2.69. The lowest BCUT2D eigenvalue weighted by Crippen LogP contribution is -2.65. The van der Waals surface area contributed by atoms with Gasteiger partial charge in [0.2, 0.25) is 0 Å². The van der Waals surface area contributed by atoms with Gasteiger partial charge in [-0.1, -0.05) is 53.2 Å². The van der Waals surface area contributed by atoms with Crippen LogP contribution in [-0.2, 0) is 14.3 Å². The lowest BCUT2D eigenvalue weighted by atomic mass is 9.33. The van der Waals surface area contributed by atoms with Crippen molar-refractivity contribution in [1.82, 2.24) is 0 Å². The van der Waals surface area contributed by atoms with Gasteiger partial charge in [-0.3, -0.25) is 4.79 Å². The predicted molar refractivity (Wildman–Crippen MR) is 167 cm³/mol. The second kappa shape index (κ2) is 11.0. The van der Waals surface area contributed by atoms with E-state index < -0.39 is 54.1 Å². The second-order valence-electron chi connectivity index (χ2n) is 17.7. The third-order valence-electron chi connectivity index (χ3n) is 15.4. The summed E-state index contributed by atoms with van der Waals surface area (Å²) >= 11 is 0. The first kappa shape index (κ1) is 33.8. The zero-order chi connectivity index (χ0) is 33.0. The number of ether oxygens (including phenoxy) is 2. The van der Waals surface area contributed by atoms with E-state index in [2.05, 4.69) is 47.6 Å². The highest BCUT2D eigenvalue weighted by Crippen LogP contribution is 2.75. The molecule has 1 saturated heterocycles. The van der Waals surface area contributed by atoms with Gasteiger partial charge >= 0.3 is 5.97 Å². The molecule has 1 aliphatic heterocycles. The Morgan fingerprint density at radius 1 is 0.889 bits per heavy atom. The van der Waals surface area contributed by atoms with E-state index in [9.17, 15) is 35.4 Å². The van der Waals surface area contributed by atoms with Gasteiger partial charge in [-0.2, -0.15) is 0 Å². The van der Waals surface area contributed by atoms with Crippen molar-refractivity contribution >= 4 is 5.97 Å². The van der Waals surface area contributed by atoms with Crippen LogP contribution in [0.1, 0.15) is 106 Å². The first-order valence-corrected chi connectivity index (χ1v) is 17.4. The number of allylic oxidation sites excluding steroid dienone is 2. The van der Waals surface area contributed by atoms with E-state index in [4.69, 9.17) is 9.47 Å². The van der Waals surface area contributed by atoms with Gasteiger partial charge in [0.15, 0.2) is 6.29 Å². The average Bonchev–Trinajstić information content (AvgIpc) is 2.98. The molecule has 45 heavy (non-hydrogen) atoms. The van der Waals surface area contributed by atoms with Crippen LogP contribution in [0.2, 0.25) is 0 Å². The van der Waals surface area contributed by atoms with Crippen LogP contribution in [0.3, 0.4) is 0 Å². The number of carbonyl (C=O) groups is 1. The van der Waals surface area contributed by atoms with Crippen LogP contribution in [0, 0.1) is 50.2 Å². The number of aliphatic carboxylic acids is 1. The molecule has 6 rings (SSSR count). The van der Waals surface area contributed by atoms with Gasteiger partial charge in [-0.05, 0) is 109 Å². The quantitative estimate of drug-likeness (QED) is 0.246. The lowest BCUT2D eigenvalue weighted by molar-refractivity contribution is -0.307. The van der Waals surface area contributed by atoms with Crippen molar-refractivity contribution in [3.63, 3.8) is 0 Å². The fourth-order valence-corrected chi connectivity index (χ4v) is 12.1. The summed E-state index contributed by atoms with van der Waals surface area (Å²) in [5.41, 5.74) is -0.0396. The summed E-state index contributed by atoms with van der Waals surface area (Å²) in [6.45, 7) is 13.7. The van der Waals surface area contributed by atoms with Gasteiger partial charge < -0.3 is 40.1 Å². The Balaban J connectivity index is 1.30. The van der Waals surface area contributed by atoms with Crippen molar-refractivity contribution in [1.29, 1.82) is 0 Å². The topological polar surface area (TPSA) is 157 Å². The molecule has 0 aromatic heterocycles. The summed E-state index contributed by atoms with van der Waals surface area (Å²) < 4.78 is 11.7. The molecule has 9 nitrogen and oxygen atoms in total. The summed E-state index contributed by atoms with van der Waals surface area (Å²) in [6, 6.07) is 0. The largest absolute Gasteiger partial charge is 0.481 e. The van der Waals surface area contributed by atoms with Gasteiger partial charge in [-0.15, -0.1) is 0 Å². The zero-order valence-corrected chi connectivity index (χ0v) is 28.2. The van der Waals surface area contributed by atoms with Gasteiger partial charge in [0, 0.05) is 0 Å². The molecule has 5 aliphatic carbocycles. The molecular weight excluding hydrogens is 576 g/mol. The molecule has 0 amide bonds. The van der Waals surface area contributed by atoms with E-state index >= 15 is 0 Å². The molecule has 14 atom stereocenters. The van der Waals surface area contributed by atoms with E-state index in [0.717, 1.165) is 38.5 Å². The van der Waals surface area contributed by atoms with Gasteiger partial charge in [0.1, 0.15) is 24.4 Å². The van der Waals surface area contributed by atoms with Crippen LogP contribution < -0.4 is 0 Å². The Labute approximate surface area is 268 Å². The number of carboxylic acids is 1. The summed E-state index contributed by atoms with van der Waals surface area (Å²) in [4.78, 5) is 13.2. The monoisotopic (exact) mass is 634 g/mol. The molecule has 0 spiro atoms. The summed E-state index contributed by atoms with van der Waals surface area (Å²) in [5, 5.41) is 62.5. The number of rotatable bonds is 5. The average molecular weight is 635 g/mol. The van der Waals surface area contributed by atoms with Crippen molar-refractivity contribution in [2.45, 2.75) is 143 Å². The van der Waals surface area contributed by atoms with Gasteiger partial charge in [-0.25, -0.2) is 0 Å². The number of carboxylic acid groups (broad SMARTS) is 1. The molecule has 1 heterocycles. The summed E-state index contributed by atoms with van der Waals surface area (Å²) in [5.74, 6) is 0.0628. The third-order valence-corrected chi connectivity index (χ3v) is 15.4. The van der Waals surface area contributed by atoms with Crippen LogP contribution in [0.5, 0.6) is 0 Å². The van der Waals surface area contributed by atoms with Crippen LogP contribution in [0.15, 0.2) is 11.6 Å². The van der Waals surface area contributed by atoms with Crippen LogP contribution in [0.4, 0.5) is 0 Å². The van der Waals surface area contributed by atoms with Crippen molar-refractivity contribution in [2.24, 2.45) is 50.2 Å². The fraction of sp³-hybridized carbons (Fsp3) is 0.917.